The van der Waals surface area contributed by atoms with Crippen LogP contribution in [0.1, 0.15) is 53.3 Å². The molecule has 10 nitrogen and oxygen atoms in total. The third kappa shape index (κ3) is 6.86. The number of carbonyl (C=O) groups is 5. The molecule has 2 rings (SSSR count). The van der Waals surface area contributed by atoms with Gasteiger partial charge in [-0.3, -0.25) is 24.1 Å². The van der Waals surface area contributed by atoms with E-state index >= 15 is 0 Å². The summed E-state index contributed by atoms with van der Waals surface area (Å²) in [6.45, 7) is 1.37. The number of imide groups is 1. The van der Waals surface area contributed by atoms with E-state index in [-0.39, 0.29) is 34.8 Å². The summed E-state index contributed by atoms with van der Waals surface area (Å²) in [4.78, 5) is 62.8. The molecule has 3 amide bonds. The Morgan fingerprint density at radius 1 is 1.03 bits per heavy atom. The van der Waals surface area contributed by atoms with Crippen molar-refractivity contribution in [2.45, 2.75) is 51.0 Å². The number of carbonyl (C=O) groups excluding carboxylic acids is 4. The van der Waals surface area contributed by atoms with Gasteiger partial charge in [-0.2, -0.15) is 0 Å². The van der Waals surface area contributed by atoms with Crippen LogP contribution in [-0.4, -0.2) is 77.2 Å². The number of carboxylic acid groups (broad SMARTS) is 1. The molecule has 2 atom stereocenters. The number of thioether (sulfide) groups is 1. The second kappa shape index (κ2) is 12.5. The van der Waals surface area contributed by atoms with Crippen LogP contribution in [0.2, 0.25) is 0 Å². The fourth-order valence-corrected chi connectivity index (χ4v) is 4.16. The first-order chi connectivity index (χ1) is 15.7. The van der Waals surface area contributed by atoms with Gasteiger partial charge in [0.05, 0.1) is 11.1 Å². The summed E-state index contributed by atoms with van der Waals surface area (Å²) in [7, 11) is 2.94. The average Bonchev–Trinajstić information content (AvgIpc) is 3.03. The van der Waals surface area contributed by atoms with Gasteiger partial charge < -0.3 is 19.9 Å². The molecule has 33 heavy (non-hydrogen) atoms. The van der Waals surface area contributed by atoms with Crippen molar-refractivity contribution in [1.29, 1.82) is 0 Å². The average molecular weight is 481 g/mol. The first kappa shape index (κ1) is 26.5. The molecule has 1 aromatic rings. The van der Waals surface area contributed by atoms with Crippen LogP contribution in [0.3, 0.4) is 0 Å². The molecule has 1 heterocycles. The van der Waals surface area contributed by atoms with E-state index in [1.54, 1.807) is 12.1 Å². The van der Waals surface area contributed by atoms with Crippen LogP contribution in [0, 0.1) is 0 Å². The number of rotatable bonds is 13. The molecule has 0 aromatic heterocycles. The van der Waals surface area contributed by atoms with Crippen LogP contribution in [0.4, 0.5) is 0 Å². The van der Waals surface area contributed by atoms with Gasteiger partial charge >= 0.3 is 5.97 Å². The topological polar surface area (TPSA) is 139 Å². The molecule has 0 fully saturated rings. The smallest absolute Gasteiger partial charge is 0.326 e. The molecule has 1 aliphatic rings. The van der Waals surface area contributed by atoms with Gasteiger partial charge in [0.2, 0.25) is 5.91 Å². The standard InChI is InChI=1S/C22H28N2O8S/c1-13(25)33-12-11-17(24-20(27)14-7-4-5-8-15(14)21(24)28)19(26)23-16(22(29)30)9-6-10-18(31-2)32-3/h4-5,7-8,16-18H,6,9-12H2,1-3H3,(H,23,26)(H,29,30)/t16-,17+/m0/s1. The lowest BCUT2D eigenvalue weighted by Crippen LogP contribution is -2.53. The van der Waals surface area contributed by atoms with Crippen molar-refractivity contribution in [3.05, 3.63) is 35.4 Å². The van der Waals surface area contributed by atoms with Gasteiger partial charge in [-0.05, 0) is 37.8 Å². The maximum Gasteiger partial charge on any atom is 0.326 e. The number of fused-ring (bicyclic) bond motifs is 1. The number of carboxylic acids is 1. The van der Waals surface area contributed by atoms with Gasteiger partial charge in [0.1, 0.15) is 12.1 Å². The monoisotopic (exact) mass is 480 g/mol. The van der Waals surface area contributed by atoms with E-state index in [1.807, 2.05) is 0 Å². The van der Waals surface area contributed by atoms with Crippen molar-refractivity contribution in [3.63, 3.8) is 0 Å². The Labute approximate surface area is 196 Å². The Balaban J connectivity index is 2.17. The Bertz CT molecular complexity index is 867. The van der Waals surface area contributed by atoms with Crippen LogP contribution >= 0.6 is 11.8 Å². The number of hydrogen-bond acceptors (Lipinski definition) is 8. The molecule has 0 aliphatic carbocycles. The van der Waals surface area contributed by atoms with Crippen LogP contribution < -0.4 is 5.32 Å². The molecule has 11 heteroatoms. The van der Waals surface area contributed by atoms with Crippen LogP contribution in [0.5, 0.6) is 0 Å². The van der Waals surface area contributed by atoms with Crippen molar-refractivity contribution >= 4 is 40.6 Å². The largest absolute Gasteiger partial charge is 0.480 e. The highest BCUT2D eigenvalue weighted by atomic mass is 32.2. The van der Waals surface area contributed by atoms with Crippen molar-refractivity contribution < 1.29 is 38.6 Å². The van der Waals surface area contributed by atoms with Crippen LogP contribution in [0.15, 0.2) is 24.3 Å². The summed E-state index contributed by atoms with van der Waals surface area (Å²) in [5.74, 6) is -3.08. The summed E-state index contributed by atoms with van der Waals surface area (Å²) < 4.78 is 10.2. The summed E-state index contributed by atoms with van der Waals surface area (Å²) >= 11 is 0.957. The minimum atomic E-state index is -1.25. The molecular formula is C22H28N2O8S. The number of hydrogen-bond donors (Lipinski definition) is 2. The molecule has 0 unspecified atom stereocenters. The highest BCUT2D eigenvalue weighted by Crippen LogP contribution is 2.26. The summed E-state index contributed by atoms with van der Waals surface area (Å²) in [5, 5.41) is 11.8. The zero-order chi connectivity index (χ0) is 24.5. The highest BCUT2D eigenvalue weighted by molar-refractivity contribution is 8.13. The zero-order valence-electron chi connectivity index (χ0n) is 18.7. The van der Waals surface area contributed by atoms with E-state index in [0.29, 0.717) is 12.8 Å². The van der Waals surface area contributed by atoms with Crippen LogP contribution in [0.25, 0.3) is 0 Å². The number of methoxy groups -OCH3 is 2. The molecule has 2 N–H and O–H groups in total. The molecular weight excluding hydrogens is 452 g/mol. The minimum Gasteiger partial charge on any atom is -0.480 e. The van der Waals surface area contributed by atoms with E-state index in [2.05, 4.69) is 5.32 Å². The number of benzene rings is 1. The SMILES string of the molecule is COC(CCC[C@H](NC(=O)[C@@H](CCSC(C)=O)N1C(=O)c2ccccc2C1=O)C(=O)O)OC. The highest BCUT2D eigenvalue weighted by Gasteiger charge is 2.43. The number of nitrogens with zero attached hydrogens (tertiary/aromatic N) is 1. The van der Waals surface area contributed by atoms with Gasteiger partial charge in [0.25, 0.3) is 11.8 Å². The summed E-state index contributed by atoms with van der Waals surface area (Å²) in [6, 6.07) is 3.74. The molecule has 0 saturated carbocycles. The van der Waals surface area contributed by atoms with Gasteiger partial charge in [0.15, 0.2) is 11.4 Å². The maximum absolute atomic E-state index is 13.1. The van der Waals surface area contributed by atoms with Crippen LogP contribution in [-0.2, 0) is 23.9 Å². The first-order valence-electron chi connectivity index (χ1n) is 10.4. The predicted molar refractivity (Wildman–Crippen MR) is 120 cm³/mol. The second-order valence-electron chi connectivity index (χ2n) is 7.40. The molecule has 1 aliphatic heterocycles. The van der Waals surface area contributed by atoms with E-state index in [1.165, 1.54) is 33.3 Å². The van der Waals surface area contributed by atoms with E-state index < -0.39 is 42.1 Å². The number of aliphatic carboxylic acids is 1. The van der Waals surface area contributed by atoms with Gasteiger partial charge in [-0.15, -0.1) is 0 Å². The van der Waals surface area contributed by atoms with E-state index in [0.717, 1.165) is 16.7 Å². The lowest BCUT2D eigenvalue weighted by molar-refractivity contribution is -0.143. The fraction of sp³-hybridized carbons (Fsp3) is 0.500. The van der Waals surface area contributed by atoms with Crippen molar-refractivity contribution in [3.8, 4) is 0 Å². The molecule has 0 spiro atoms. The number of ether oxygens (including phenoxy) is 2. The third-order valence-corrected chi connectivity index (χ3v) is 6.06. The van der Waals surface area contributed by atoms with Gasteiger partial charge in [0, 0.05) is 26.9 Å². The fourth-order valence-electron chi connectivity index (χ4n) is 3.53. The van der Waals surface area contributed by atoms with E-state index in [4.69, 9.17) is 9.47 Å². The first-order valence-corrected chi connectivity index (χ1v) is 11.4. The van der Waals surface area contributed by atoms with Gasteiger partial charge in [-0.1, -0.05) is 23.9 Å². The Morgan fingerprint density at radius 3 is 2.09 bits per heavy atom. The Morgan fingerprint density at radius 2 is 1.61 bits per heavy atom. The maximum atomic E-state index is 13.1. The van der Waals surface area contributed by atoms with Crippen molar-refractivity contribution in [2.24, 2.45) is 0 Å². The Kier molecular flexibility index (Phi) is 10.0. The lowest BCUT2D eigenvalue weighted by atomic mass is 10.1. The normalized spacial score (nSPS) is 14.8. The zero-order valence-corrected chi connectivity index (χ0v) is 19.6. The van der Waals surface area contributed by atoms with Gasteiger partial charge in [-0.25, -0.2) is 4.79 Å². The van der Waals surface area contributed by atoms with Crippen molar-refractivity contribution in [1.82, 2.24) is 10.2 Å². The number of nitrogens with one attached hydrogen (secondary N) is 1. The Hall–Kier alpha value is -2.76. The lowest BCUT2D eigenvalue weighted by Gasteiger charge is -2.27. The third-order valence-electron chi connectivity index (χ3n) is 5.21. The molecule has 180 valence electrons. The predicted octanol–water partition coefficient (Wildman–Crippen LogP) is 1.68. The molecule has 0 saturated heterocycles. The molecule has 0 radical (unpaired) electrons. The van der Waals surface area contributed by atoms with E-state index in [9.17, 15) is 29.1 Å². The summed E-state index contributed by atoms with van der Waals surface area (Å²) in [6.07, 6.45) is 0.417. The quantitative estimate of drug-likeness (QED) is 0.319. The summed E-state index contributed by atoms with van der Waals surface area (Å²) in [5.41, 5.74) is 0.360. The van der Waals surface area contributed by atoms with Crippen molar-refractivity contribution in [2.75, 3.05) is 20.0 Å². The molecule has 0 bridgehead atoms. The minimum absolute atomic E-state index is 0.00328. The molecule has 1 aromatic carbocycles. The second-order valence-corrected chi connectivity index (χ2v) is 8.67. The number of amides is 3.